The summed E-state index contributed by atoms with van der Waals surface area (Å²) in [4.78, 5) is 37.0. The van der Waals surface area contributed by atoms with Crippen LogP contribution in [0.3, 0.4) is 0 Å². The Morgan fingerprint density at radius 1 is 0.387 bits per heavy atom. The van der Waals surface area contributed by atoms with Gasteiger partial charge in [-0.2, -0.15) is 4.57 Å². The van der Waals surface area contributed by atoms with Crippen LogP contribution in [-0.4, -0.2) is 63.5 Å². The minimum absolute atomic E-state index is 0.193. The van der Waals surface area contributed by atoms with Crippen molar-refractivity contribution in [3.05, 3.63) is 249 Å². The molecule has 0 bridgehead atoms. The highest BCUT2D eigenvalue weighted by atomic mass is 16.4. The van der Waals surface area contributed by atoms with E-state index in [-0.39, 0.29) is 11.1 Å². The van der Waals surface area contributed by atoms with E-state index in [1.165, 1.54) is 0 Å². The lowest BCUT2D eigenvalue weighted by Crippen LogP contribution is -2.72. The molecule has 0 atom stereocenters. The first-order valence-electron chi connectivity index (χ1n) is 25.0. The lowest BCUT2D eigenvalue weighted by molar-refractivity contribution is -0.788. The molecule has 2 aromatic heterocycles. The number of fused-ring (bicyclic) bond motifs is 16. The van der Waals surface area contributed by atoms with Gasteiger partial charge in [0.05, 0.1) is 54.9 Å². The Hall–Kier alpha value is -10.3. The molecule has 0 amide bonds. The smallest absolute Gasteiger partial charge is 0.441 e. The number of aromatic nitrogens is 2. The molecule has 0 saturated heterocycles. The maximum atomic E-state index is 12.6. The first-order valence-corrected chi connectivity index (χ1v) is 25.0. The van der Waals surface area contributed by atoms with Crippen LogP contribution < -0.4 is 10.7 Å². The molecule has 346 valence electrons. The number of benzene rings is 10. The number of rotatable bonds is 4. The SMILES string of the molecule is O=C(O)c1ccc(C2=c3c4cc5ccccc5cc4c4n3C35n6c(c7cc8ccccc8cc7c6N=C6c7cc8ccccc8cc7C(=[N+]63)C=4c3ccc(C(=O)O)cc3)N=C3c4cc6ccccc6cc4C2=[N+]35)cc1. The lowest BCUT2D eigenvalue weighted by Gasteiger charge is -2.41. The molecular formula is C65H34N6O4+2. The average Bonchev–Trinajstić information content (AvgIpc) is 4.36. The molecule has 0 unspecified atom stereocenters. The molecule has 12 aromatic rings. The Morgan fingerprint density at radius 2 is 0.707 bits per heavy atom. The minimum Gasteiger partial charge on any atom is -0.478 e. The number of amidine groups is 2. The predicted octanol–water partition coefficient (Wildman–Crippen LogP) is 11.0. The first-order chi connectivity index (χ1) is 36.8. The van der Waals surface area contributed by atoms with E-state index in [4.69, 9.17) is 9.98 Å². The molecule has 75 heavy (non-hydrogen) atoms. The number of nitrogens with zero attached hydrogens (tertiary/aromatic N) is 6. The highest BCUT2D eigenvalue weighted by Crippen LogP contribution is 2.55. The van der Waals surface area contributed by atoms with Gasteiger partial charge in [0.25, 0.3) is 11.6 Å². The fourth-order valence-corrected chi connectivity index (χ4v) is 13.6. The molecule has 6 aliphatic rings. The third-order valence-electron chi connectivity index (χ3n) is 16.7. The quantitative estimate of drug-likeness (QED) is 0.171. The van der Waals surface area contributed by atoms with Gasteiger partial charge in [-0.15, -0.1) is 9.15 Å². The summed E-state index contributed by atoms with van der Waals surface area (Å²) in [7, 11) is 0. The molecular weight excluding hydrogens is 929 g/mol. The molecule has 0 radical (unpaired) electrons. The summed E-state index contributed by atoms with van der Waals surface area (Å²) in [6.07, 6.45) is 0. The van der Waals surface area contributed by atoms with Crippen LogP contribution >= 0.6 is 0 Å². The van der Waals surface area contributed by atoms with E-state index < -0.39 is 17.8 Å². The summed E-state index contributed by atoms with van der Waals surface area (Å²) in [6, 6.07) is 66.9. The van der Waals surface area contributed by atoms with Crippen molar-refractivity contribution in [1.29, 1.82) is 0 Å². The van der Waals surface area contributed by atoms with Gasteiger partial charge in [0, 0.05) is 21.9 Å². The second kappa shape index (κ2) is 13.2. The number of carbonyl (C=O) groups is 2. The van der Waals surface area contributed by atoms with Gasteiger partial charge in [0.15, 0.2) is 11.4 Å². The van der Waals surface area contributed by atoms with Crippen LogP contribution in [0.5, 0.6) is 0 Å². The summed E-state index contributed by atoms with van der Waals surface area (Å²) in [5.41, 5.74) is 9.80. The van der Waals surface area contributed by atoms with Crippen LogP contribution in [0.2, 0.25) is 0 Å². The van der Waals surface area contributed by atoms with Gasteiger partial charge in [-0.05, 0) is 137 Å². The molecule has 6 aliphatic heterocycles. The molecule has 1 spiro atoms. The van der Waals surface area contributed by atoms with Crippen molar-refractivity contribution in [3.8, 4) is 0 Å². The van der Waals surface area contributed by atoms with E-state index in [1.807, 2.05) is 24.3 Å². The molecule has 2 N–H and O–H groups in total. The van der Waals surface area contributed by atoms with Gasteiger partial charge >= 0.3 is 29.5 Å². The average molecular weight is 963 g/mol. The summed E-state index contributed by atoms with van der Waals surface area (Å²) in [5.74, 6) is -0.176. The summed E-state index contributed by atoms with van der Waals surface area (Å²) < 4.78 is 9.86. The van der Waals surface area contributed by atoms with Gasteiger partial charge in [0.1, 0.15) is 0 Å². The zero-order valence-electron chi connectivity index (χ0n) is 39.4. The number of hydrogen-bond acceptors (Lipinski definition) is 4. The zero-order valence-corrected chi connectivity index (χ0v) is 39.4. The van der Waals surface area contributed by atoms with Gasteiger partial charge < -0.3 is 10.2 Å². The second-order valence-corrected chi connectivity index (χ2v) is 20.3. The molecule has 0 fully saturated rings. The van der Waals surface area contributed by atoms with Crippen molar-refractivity contribution in [2.75, 3.05) is 0 Å². The van der Waals surface area contributed by atoms with Crippen LogP contribution in [0.25, 0.3) is 75.8 Å². The van der Waals surface area contributed by atoms with Gasteiger partial charge in [-0.3, -0.25) is 0 Å². The lowest BCUT2D eigenvalue weighted by atomic mass is 9.90. The highest BCUT2D eigenvalue weighted by Gasteiger charge is 2.72. The van der Waals surface area contributed by atoms with E-state index in [2.05, 4.69) is 164 Å². The third kappa shape index (κ3) is 4.59. The Balaban J connectivity index is 1.17. The van der Waals surface area contributed by atoms with Crippen LogP contribution in [-0.2, 0) is 5.91 Å². The predicted molar refractivity (Wildman–Crippen MR) is 292 cm³/mol. The molecule has 10 nitrogen and oxygen atoms in total. The first kappa shape index (κ1) is 39.3. The summed E-state index contributed by atoms with van der Waals surface area (Å²) >= 11 is 0. The van der Waals surface area contributed by atoms with Crippen LogP contribution in [0.15, 0.2) is 204 Å². The van der Waals surface area contributed by atoms with Crippen molar-refractivity contribution >= 4 is 122 Å². The Bertz CT molecular complexity index is 4850. The van der Waals surface area contributed by atoms with E-state index in [0.29, 0.717) is 0 Å². The standard InChI is InChI=1S/C65H32N6O4/c72-63(73)35-21-17-33(18-22-35)53-55-45-25-37-9-1-2-10-38(37)26-46(45)56-54(34-19-23-36(24-20-34)64(74)75)58-48-28-40-12-4-6-14-42(40)30-50(48)60-67-62-52-32-44-16-8-7-15-43(44)31-51(52)61-66-59-49-29-41-13-5-3-11-39(41)27-47(49)57(53)69(59)65(68(55)56,70(58)60)71(61)62/h1-32H/p+2. The van der Waals surface area contributed by atoms with E-state index in [0.717, 1.165) is 155 Å². The monoisotopic (exact) mass is 962 g/mol. The number of carboxylic acids is 2. The maximum Gasteiger partial charge on any atom is 0.441 e. The molecule has 10 heteroatoms. The minimum atomic E-state index is -1.31. The summed E-state index contributed by atoms with van der Waals surface area (Å²) in [5, 5.41) is 35.2. The largest absolute Gasteiger partial charge is 0.478 e. The number of aliphatic imine (C=N–C) groups is 2. The van der Waals surface area contributed by atoms with E-state index in [9.17, 15) is 19.8 Å². The normalized spacial score (nSPS) is 15.8. The van der Waals surface area contributed by atoms with Crippen molar-refractivity contribution < 1.29 is 29.0 Å². The Kier molecular flexibility index (Phi) is 6.92. The van der Waals surface area contributed by atoms with Gasteiger partial charge in [0.2, 0.25) is 0 Å². The molecule has 0 saturated carbocycles. The topological polar surface area (TPSA) is 115 Å². The van der Waals surface area contributed by atoms with Crippen molar-refractivity contribution in [2.45, 2.75) is 5.91 Å². The van der Waals surface area contributed by atoms with Crippen LogP contribution in [0, 0.1) is 0 Å². The molecule has 10 aromatic carbocycles. The number of hydrogen-bond donors (Lipinski definition) is 2. The van der Waals surface area contributed by atoms with Gasteiger partial charge in [-0.1, -0.05) is 121 Å². The van der Waals surface area contributed by atoms with E-state index >= 15 is 0 Å². The number of aromatic carboxylic acids is 2. The zero-order chi connectivity index (χ0) is 49.3. The fraction of sp³-hybridized carbons (Fsp3) is 0.0154. The van der Waals surface area contributed by atoms with Crippen LogP contribution in [0.1, 0.15) is 54.1 Å². The van der Waals surface area contributed by atoms with E-state index in [1.54, 1.807) is 24.3 Å². The Labute approximate surface area is 423 Å². The van der Waals surface area contributed by atoms with Gasteiger partial charge in [-0.25, -0.2) is 14.2 Å². The van der Waals surface area contributed by atoms with Crippen LogP contribution in [0.4, 0.5) is 11.6 Å². The number of carboxylic acid groups (broad SMARTS) is 2. The maximum absolute atomic E-state index is 12.6. The second-order valence-electron chi connectivity index (χ2n) is 20.3. The molecule has 0 aliphatic carbocycles. The fourth-order valence-electron chi connectivity index (χ4n) is 13.6. The molecule has 8 heterocycles. The molecule has 18 rings (SSSR count). The van der Waals surface area contributed by atoms with Crippen molar-refractivity contribution in [1.82, 2.24) is 9.13 Å². The Morgan fingerprint density at radius 3 is 1.05 bits per heavy atom. The summed E-state index contributed by atoms with van der Waals surface area (Å²) in [6.45, 7) is 0. The highest BCUT2D eigenvalue weighted by molar-refractivity contribution is 6.40. The van der Waals surface area contributed by atoms with Crippen molar-refractivity contribution in [2.24, 2.45) is 9.98 Å². The third-order valence-corrected chi connectivity index (χ3v) is 16.7. The van der Waals surface area contributed by atoms with Crippen molar-refractivity contribution in [3.63, 3.8) is 0 Å².